The first-order chi connectivity index (χ1) is 16.5. The van der Waals surface area contributed by atoms with Gasteiger partial charge in [0.05, 0.1) is 24.8 Å². The number of para-hydroxylation sites is 1. The molecule has 8 heteroatoms. The number of ether oxygens (including phenoxy) is 2. The van der Waals surface area contributed by atoms with Crippen LogP contribution < -0.4 is 10.3 Å². The third-order valence-electron chi connectivity index (χ3n) is 6.21. The second-order valence-corrected chi connectivity index (χ2v) is 8.39. The number of unbranched alkanes of at least 4 members (excludes halogenated alkanes) is 1. The van der Waals surface area contributed by atoms with Gasteiger partial charge in [-0.25, -0.2) is 4.98 Å². The van der Waals surface area contributed by atoms with Crippen molar-refractivity contribution in [3.8, 4) is 5.75 Å². The van der Waals surface area contributed by atoms with Crippen molar-refractivity contribution >= 4 is 17.5 Å². The summed E-state index contributed by atoms with van der Waals surface area (Å²) >= 11 is 0. The molecule has 0 unspecified atom stereocenters. The molecule has 3 aromatic rings. The van der Waals surface area contributed by atoms with Crippen LogP contribution in [0.2, 0.25) is 0 Å². The molecule has 178 valence electrons. The maximum Gasteiger partial charge on any atom is 0.311 e. The number of likely N-dealkylation sites (tertiary alicyclic amines) is 1. The minimum atomic E-state index is -0.549. The normalized spacial score (nSPS) is 18.2. The number of piperidine rings is 1. The van der Waals surface area contributed by atoms with E-state index in [0.29, 0.717) is 30.1 Å². The number of rotatable bonds is 8. The van der Waals surface area contributed by atoms with E-state index in [4.69, 9.17) is 9.47 Å². The van der Waals surface area contributed by atoms with Crippen molar-refractivity contribution in [2.24, 2.45) is 5.92 Å². The van der Waals surface area contributed by atoms with E-state index in [2.05, 4.69) is 11.9 Å². The fourth-order valence-electron chi connectivity index (χ4n) is 4.52. The highest BCUT2D eigenvalue weighted by Gasteiger charge is 2.42. The van der Waals surface area contributed by atoms with Gasteiger partial charge in [-0.15, -0.1) is 0 Å². The maximum atomic E-state index is 13.3. The summed E-state index contributed by atoms with van der Waals surface area (Å²) in [5.74, 6) is -0.310. The molecule has 1 aliphatic heterocycles. The number of pyridine rings is 1. The molecule has 2 aromatic heterocycles. The maximum absolute atomic E-state index is 13.3. The van der Waals surface area contributed by atoms with Crippen LogP contribution in [-0.4, -0.2) is 39.8 Å². The largest absolute Gasteiger partial charge is 0.496 e. The highest BCUT2D eigenvalue weighted by atomic mass is 16.5. The molecule has 4 rings (SSSR count). The van der Waals surface area contributed by atoms with Gasteiger partial charge in [-0.1, -0.05) is 37.6 Å². The van der Waals surface area contributed by atoms with E-state index in [1.165, 1.54) is 10.5 Å². The van der Waals surface area contributed by atoms with Gasteiger partial charge in [0.2, 0.25) is 5.91 Å². The van der Waals surface area contributed by atoms with Crippen LogP contribution in [0.1, 0.15) is 49.9 Å². The van der Waals surface area contributed by atoms with Gasteiger partial charge < -0.3 is 14.4 Å². The number of hydrogen-bond acceptors (Lipinski definition) is 6. The molecule has 0 aliphatic carbocycles. The average molecular weight is 464 g/mol. The molecule has 0 N–H and O–H groups in total. The van der Waals surface area contributed by atoms with Crippen molar-refractivity contribution in [3.63, 3.8) is 0 Å². The molecule has 0 bridgehead atoms. The molecule has 1 amide bonds. The van der Waals surface area contributed by atoms with E-state index < -0.39 is 17.9 Å². The van der Waals surface area contributed by atoms with Gasteiger partial charge in [0.1, 0.15) is 18.0 Å². The van der Waals surface area contributed by atoms with Crippen LogP contribution in [0, 0.1) is 5.92 Å². The van der Waals surface area contributed by atoms with Crippen molar-refractivity contribution in [2.75, 3.05) is 13.7 Å². The zero-order chi connectivity index (χ0) is 24.1. The van der Waals surface area contributed by atoms with E-state index >= 15 is 0 Å². The third-order valence-corrected chi connectivity index (χ3v) is 6.21. The van der Waals surface area contributed by atoms with Gasteiger partial charge >= 0.3 is 5.97 Å². The van der Waals surface area contributed by atoms with Crippen molar-refractivity contribution in [1.82, 2.24) is 14.3 Å². The van der Waals surface area contributed by atoms with Crippen LogP contribution in [0.15, 0.2) is 59.5 Å². The molecule has 0 radical (unpaired) electrons. The number of carbonyl (C=O) groups is 2. The van der Waals surface area contributed by atoms with E-state index in [1.54, 1.807) is 36.4 Å². The SMILES string of the molecule is CCCCN1C(=O)CC[C@@H](C(=O)OCc2cc(=O)n3ccccc3n2)[C@H]1c1ccccc1OC. The fraction of sp³-hybridized carbons (Fsp3) is 0.385. The van der Waals surface area contributed by atoms with E-state index in [9.17, 15) is 14.4 Å². The number of benzene rings is 1. The summed E-state index contributed by atoms with van der Waals surface area (Å²) < 4.78 is 12.6. The Morgan fingerprint density at radius 2 is 1.94 bits per heavy atom. The molecule has 1 saturated heterocycles. The molecule has 1 aliphatic rings. The van der Waals surface area contributed by atoms with Gasteiger partial charge in [0.15, 0.2) is 0 Å². The summed E-state index contributed by atoms with van der Waals surface area (Å²) in [6.45, 7) is 2.51. The third kappa shape index (κ3) is 4.81. The Balaban J connectivity index is 1.60. The molecular formula is C26H29N3O5. The van der Waals surface area contributed by atoms with Gasteiger partial charge in [-0.3, -0.25) is 18.8 Å². The Bertz CT molecular complexity index is 1240. The topological polar surface area (TPSA) is 90.2 Å². The Labute approximate surface area is 198 Å². The summed E-state index contributed by atoms with van der Waals surface area (Å²) in [6, 6.07) is 13.6. The minimum Gasteiger partial charge on any atom is -0.496 e. The Kier molecular flexibility index (Phi) is 7.25. The zero-order valence-electron chi connectivity index (χ0n) is 19.5. The van der Waals surface area contributed by atoms with Crippen molar-refractivity contribution < 1.29 is 19.1 Å². The predicted molar refractivity (Wildman–Crippen MR) is 126 cm³/mol. The van der Waals surface area contributed by atoms with E-state index in [-0.39, 0.29) is 24.5 Å². The zero-order valence-corrected chi connectivity index (χ0v) is 19.5. The van der Waals surface area contributed by atoms with Gasteiger partial charge in [0, 0.05) is 30.8 Å². The number of aromatic nitrogens is 2. The number of esters is 1. The van der Waals surface area contributed by atoms with Gasteiger partial charge in [-0.05, 0) is 31.0 Å². The highest BCUT2D eigenvalue weighted by molar-refractivity contribution is 5.82. The second-order valence-electron chi connectivity index (χ2n) is 8.39. The average Bonchev–Trinajstić information content (AvgIpc) is 2.86. The molecule has 1 fully saturated rings. The summed E-state index contributed by atoms with van der Waals surface area (Å²) in [4.78, 5) is 44.8. The van der Waals surface area contributed by atoms with Crippen LogP contribution in [0.5, 0.6) is 5.75 Å². The summed E-state index contributed by atoms with van der Waals surface area (Å²) in [7, 11) is 1.58. The van der Waals surface area contributed by atoms with Crippen LogP contribution in [0.25, 0.3) is 5.65 Å². The van der Waals surface area contributed by atoms with Gasteiger partial charge in [0.25, 0.3) is 5.56 Å². The van der Waals surface area contributed by atoms with Crippen LogP contribution in [-0.2, 0) is 20.9 Å². The smallest absolute Gasteiger partial charge is 0.311 e. The number of nitrogens with zero attached hydrogens (tertiary/aromatic N) is 3. The molecule has 3 heterocycles. The molecular weight excluding hydrogens is 434 g/mol. The quantitative estimate of drug-likeness (QED) is 0.475. The summed E-state index contributed by atoms with van der Waals surface area (Å²) in [6.07, 6.45) is 4.08. The Morgan fingerprint density at radius 1 is 1.15 bits per heavy atom. The van der Waals surface area contributed by atoms with Crippen molar-refractivity contribution in [2.45, 2.75) is 45.3 Å². The fourth-order valence-corrected chi connectivity index (χ4v) is 4.52. The Hall–Kier alpha value is -3.68. The lowest BCUT2D eigenvalue weighted by Crippen LogP contribution is -2.46. The van der Waals surface area contributed by atoms with Crippen LogP contribution in [0.4, 0.5) is 0 Å². The van der Waals surface area contributed by atoms with Crippen LogP contribution >= 0.6 is 0 Å². The van der Waals surface area contributed by atoms with E-state index in [1.807, 2.05) is 24.3 Å². The lowest BCUT2D eigenvalue weighted by Gasteiger charge is -2.40. The summed E-state index contributed by atoms with van der Waals surface area (Å²) in [5, 5.41) is 0. The monoisotopic (exact) mass is 463 g/mol. The lowest BCUT2D eigenvalue weighted by atomic mass is 9.83. The first-order valence-electron chi connectivity index (χ1n) is 11.6. The molecule has 2 atom stereocenters. The van der Waals surface area contributed by atoms with E-state index in [0.717, 1.165) is 18.4 Å². The first kappa shape index (κ1) is 23.5. The number of hydrogen-bond donors (Lipinski definition) is 0. The summed E-state index contributed by atoms with van der Waals surface area (Å²) in [5.41, 5.74) is 1.42. The number of carbonyl (C=O) groups excluding carboxylic acids is 2. The molecule has 8 nitrogen and oxygen atoms in total. The minimum absolute atomic E-state index is 0.0256. The lowest BCUT2D eigenvalue weighted by molar-refractivity contribution is -0.158. The number of methoxy groups -OCH3 is 1. The standard InChI is InChI=1S/C26H29N3O5/c1-3-4-14-29-23(30)13-12-20(25(29)19-9-5-6-10-21(19)33-2)26(32)34-17-18-16-24(31)28-15-8-7-11-22(28)27-18/h5-11,15-16,20,25H,3-4,12-14,17H2,1-2H3/t20-,25-/m1/s1. The molecule has 0 saturated carbocycles. The van der Waals surface area contributed by atoms with Gasteiger partial charge in [-0.2, -0.15) is 0 Å². The van der Waals surface area contributed by atoms with Crippen LogP contribution in [0.3, 0.4) is 0 Å². The van der Waals surface area contributed by atoms with Crippen molar-refractivity contribution in [3.05, 3.63) is 76.3 Å². The predicted octanol–water partition coefficient (Wildman–Crippen LogP) is 3.53. The second kappa shape index (κ2) is 10.5. The first-order valence-corrected chi connectivity index (χ1v) is 11.6. The number of amides is 1. The Morgan fingerprint density at radius 3 is 2.74 bits per heavy atom. The molecule has 1 aromatic carbocycles. The molecule has 34 heavy (non-hydrogen) atoms. The van der Waals surface area contributed by atoms with Crippen molar-refractivity contribution in [1.29, 1.82) is 0 Å². The number of fused-ring (bicyclic) bond motifs is 1. The molecule has 0 spiro atoms. The highest BCUT2D eigenvalue weighted by Crippen LogP contribution is 2.41.